The van der Waals surface area contributed by atoms with Gasteiger partial charge in [0.05, 0.1) is 0 Å². The van der Waals surface area contributed by atoms with Gasteiger partial charge >= 0.3 is 0 Å². The molecule has 0 saturated heterocycles. The molecule has 2 N–H and O–H groups in total. The predicted molar refractivity (Wildman–Crippen MR) is 62.7 cm³/mol. The van der Waals surface area contributed by atoms with Gasteiger partial charge in [-0.25, -0.2) is 0 Å². The van der Waals surface area contributed by atoms with E-state index in [1.165, 1.54) is 30.4 Å². The summed E-state index contributed by atoms with van der Waals surface area (Å²) in [6.07, 6.45) is 3.99. The fourth-order valence-electron chi connectivity index (χ4n) is 1.86. The van der Waals surface area contributed by atoms with Crippen LogP contribution >= 0.6 is 12.4 Å². The van der Waals surface area contributed by atoms with Gasteiger partial charge in [0.1, 0.15) is 0 Å². The van der Waals surface area contributed by atoms with Crippen molar-refractivity contribution in [2.24, 2.45) is 11.7 Å². The molecule has 1 aliphatic carbocycles. The first-order chi connectivity index (χ1) is 6.27. The van der Waals surface area contributed by atoms with Gasteiger partial charge in [0.2, 0.25) is 0 Å². The van der Waals surface area contributed by atoms with E-state index in [4.69, 9.17) is 5.73 Å². The second-order valence-electron chi connectivity index (χ2n) is 4.13. The zero-order valence-corrected chi connectivity index (χ0v) is 9.39. The molecule has 1 atom stereocenters. The van der Waals surface area contributed by atoms with Crippen molar-refractivity contribution in [1.82, 2.24) is 0 Å². The molecule has 1 saturated carbocycles. The van der Waals surface area contributed by atoms with Crippen molar-refractivity contribution < 1.29 is 0 Å². The first-order valence-electron chi connectivity index (χ1n) is 5.09. The third kappa shape index (κ3) is 2.28. The number of nitrogens with two attached hydrogens (primary N) is 1. The quantitative estimate of drug-likeness (QED) is 0.799. The van der Waals surface area contributed by atoms with Gasteiger partial charge in [0, 0.05) is 6.04 Å². The van der Waals surface area contributed by atoms with Crippen molar-refractivity contribution >= 4 is 12.4 Å². The Morgan fingerprint density at radius 3 is 2.21 bits per heavy atom. The number of aryl methyl sites for hydroxylation is 1. The Morgan fingerprint density at radius 2 is 1.79 bits per heavy atom. The molecule has 1 aromatic rings. The van der Waals surface area contributed by atoms with Crippen molar-refractivity contribution in [3.05, 3.63) is 35.4 Å². The Hall–Kier alpha value is -0.530. The lowest BCUT2D eigenvalue weighted by Crippen LogP contribution is -2.26. The summed E-state index contributed by atoms with van der Waals surface area (Å²) in [6, 6.07) is 8.90. The molecule has 0 bridgehead atoms. The normalized spacial score (nSPS) is 18.1. The number of benzene rings is 1. The molecular formula is C12H18ClN. The van der Waals surface area contributed by atoms with Crippen molar-refractivity contribution in [3.8, 4) is 0 Å². The SMILES string of the molecule is Cc1ccc([C@H](N)C2CCC2)cc1.Cl. The van der Waals surface area contributed by atoms with E-state index >= 15 is 0 Å². The van der Waals surface area contributed by atoms with E-state index in [-0.39, 0.29) is 18.4 Å². The minimum absolute atomic E-state index is 0. The molecule has 0 radical (unpaired) electrons. The Morgan fingerprint density at radius 1 is 1.21 bits per heavy atom. The summed E-state index contributed by atoms with van der Waals surface area (Å²) in [5.74, 6) is 0.739. The standard InChI is InChI=1S/C12H17N.ClH/c1-9-5-7-11(8-6-9)12(13)10-3-2-4-10;/h5-8,10,12H,2-4,13H2,1H3;1H/t12-;/m1./s1. The number of rotatable bonds is 2. The van der Waals surface area contributed by atoms with Crippen LogP contribution in [0, 0.1) is 12.8 Å². The molecule has 0 amide bonds. The molecule has 1 fully saturated rings. The zero-order chi connectivity index (χ0) is 9.26. The fraction of sp³-hybridized carbons (Fsp3) is 0.500. The highest BCUT2D eigenvalue weighted by Gasteiger charge is 2.25. The van der Waals surface area contributed by atoms with Crippen LogP contribution in [-0.4, -0.2) is 0 Å². The second-order valence-corrected chi connectivity index (χ2v) is 4.13. The maximum atomic E-state index is 6.15. The van der Waals surface area contributed by atoms with Crippen molar-refractivity contribution in [2.75, 3.05) is 0 Å². The molecule has 1 nitrogen and oxygen atoms in total. The molecule has 1 aliphatic rings. The third-order valence-electron chi connectivity index (χ3n) is 3.12. The summed E-state index contributed by atoms with van der Waals surface area (Å²) >= 11 is 0. The first kappa shape index (κ1) is 11.5. The van der Waals surface area contributed by atoms with Gasteiger partial charge in [-0.15, -0.1) is 12.4 Å². The lowest BCUT2D eigenvalue weighted by Gasteiger charge is -2.31. The lowest BCUT2D eigenvalue weighted by atomic mass is 9.77. The van der Waals surface area contributed by atoms with E-state index < -0.39 is 0 Å². The molecule has 0 heterocycles. The highest BCUT2D eigenvalue weighted by Crippen LogP contribution is 2.35. The molecule has 2 rings (SSSR count). The summed E-state index contributed by atoms with van der Waals surface area (Å²) in [4.78, 5) is 0. The molecule has 14 heavy (non-hydrogen) atoms. The lowest BCUT2D eigenvalue weighted by molar-refractivity contribution is 0.264. The largest absolute Gasteiger partial charge is 0.324 e. The van der Waals surface area contributed by atoms with Gasteiger partial charge in [0.15, 0.2) is 0 Å². The van der Waals surface area contributed by atoms with Crippen LogP contribution in [0.25, 0.3) is 0 Å². The Kier molecular flexibility index (Phi) is 3.97. The fourth-order valence-corrected chi connectivity index (χ4v) is 1.86. The van der Waals surface area contributed by atoms with Gasteiger partial charge < -0.3 is 5.73 Å². The average Bonchev–Trinajstić information content (AvgIpc) is 2.02. The van der Waals surface area contributed by atoms with Gasteiger partial charge in [-0.3, -0.25) is 0 Å². The minimum atomic E-state index is 0. The highest BCUT2D eigenvalue weighted by atomic mass is 35.5. The monoisotopic (exact) mass is 211 g/mol. The van der Waals surface area contributed by atoms with Crippen LogP contribution in [0.2, 0.25) is 0 Å². The van der Waals surface area contributed by atoms with Crippen LogP contribution in [0.4, 0.5) is 0 Å². The second kappa shape index (κ2) is 4.81. The third-order valence-corrected chi connectivity index (χ3v) is 3.12. The smallest absolute Gasteiger partial charge is 0.0323 e. The molecule has 2 heteroatoms. The van der Waals surface area contributed by atoms with E-state index in [9.17, 15) is 0 Å². The molecule has 0 aliphatic heterocycles. The van der Waals surface area contributed by atoms with Crippen molar-refractivity contribution in [1.29, 1.82) is 0 Å². The summed E-state index contributed by atoms with van der Waals surface area (Å²) in [5, 5.41) is 0. The van der Waals surface area contributed by atoms with Gasteiger partial charge in [-0.1, -0.05) is 36.2 Å². The maximum absolute atomic E-state index is 6.15. The Balaban J connectivity index is 0.000000980. The van der Waals surface area contributed by atoms with E-state index in [0.29, 0.717) is 0 Å². The zero-order valence-electron chi connectivity index (χ0n) is 8.57. The van der Waals surface area contributed by atoms with Gasteiger partial charge in [-0.05, 0) is 31.2 Å². The molecule has 0 aromatic heterocycles. The number of hydrogen-bond acceptors (Lipinski definition) is 1. The summed E-state index contributed by atoms with van der Waals surface area (Å²) in [6.45, 7) is 2.11. The highest BCUT2D eigenvalue weighted by molar-refractivity contribution is 5.85. The maximum Gasteiger partial charge on any atom is 0.0323 e. The average molecular weight is 212 g/mol. The number of halogens is 1. The summed E-state index contributed by atoms with van der Waals surface area (Å²) in [5.41, 5.74) is 8.76. The van der Waals surface area contributed by atoms with E-state index in [1.54, 1.807) is 0 Å². The summed E-state index contributed by atoms with van der Waals surface area (Å²) in [7, 11) is 0. The van der Waals surface area contributed by atoms with Crippen LogP contribution in [0.15, 0.2) is 24.3 Å². The van der Waals surface area contributed by atoms with Gasteiger partial charge in [0.25, 0.3) is 0 Å². The minimum Gasteiger partial charge on any atom is -0.324 e. The van der Waals surface area contributed by atoms with Crippen LogP contribution in [0.3, 0.4) is 0 Å². The molecule has 0 unspecified atom stereocenters. The van der Waals surface area contributed by atoms with Crippen LogP contribution < -0.4 is 5.73 Å². The number of hydrogen-bond donors (Lipinski definition) is 1. The van der Waals surface area contributed by atoms with Crippen LogP contribution in [-0.2, 0) is 0 Å². The van der Waals surface area contributed by atoms with Gasteiger partial charge in [-0.2, -0.15) is 0 Å². The van der Waals surface area contributed by atoms with Crippen LogP contribution in [0.5, 0.6) is 0 Å². The summed E-state index contributed by atoms with van der Waals surface area (Å²) < 4.78 is 0. The molecular weight excluding hydrogens is 194 g/mol. The molecule has 78 valence electrons. The Bertz CT molecular complexity index is 277. The van der Waals surface area contributed by atoms with E-state index in [2.05, 4.69) is 31.2 Å². The molecule has 0 spiro atoms. The van der Waals surface area contributed by atoms with E-state index in [1.807, 2.05) is 0 Å². The van der Waals surface area contributed by atoms with Crippen LogP contribution in [0.1, 0.15) is 36.4 Å². The molecule has 1 aromatic carbocycles. The first-order valence-corrected chi connectivity index (χ1v) is 5.09. The van der Waals surface area contributed by atoms with Crippen molar-refractivity contribution in [3.63, 3.8) is 0 Å². The van der Waals surface area contributed by atoms with Crippen molar-refractivity contribution in [2.45, 2.75) is 32.2 Å². The Labute approximate surface area is 92.1 Å². The topological polar surface area (TPSA) is 26.0 Å². The predicted octanol–water partition coefficient (Wildman–Crippen LogP) is 3.22. The van der Waals surface area contributed by atoms with E-state index in [0.717, 1.165) is 5.92 Å².